The molecule has 1 aromatic heterocycles. The van der Waals surface area contributed by atoms with Crippen molar-refractivity contribution in [3.05, 3.63) is 59.3 Å². The van der Waals surface area contributed by atoms with Gasteiger partial charge >= 0.3 is 0 Å². The maximum atomic E-state index is 13.4. The van der Waals surface area contributed by atoms with Gasteiger partial charge < -0.3 is 24.8 Å². The minimum Gasteiger partial charge on any atom is -0.497 e. The van der Waals surface area contributed by atoms with Gasteiger partial charge in [-0.15, -0.1) is 0 Å². The Balaban J connectivity index is 1.73. The molecule has 0 saturated carbocycles. The zero-order valence-electron chi connectivity index (χ0n) is 17.5. The number of nitrogens with one attached hydrogen (secondary N) is 2. The van der Waals surface area contributed by atoms with Crippen molar-refractivity contribution in [1.29, 1.82) is 0 Å². The van der Waals surface area contributed by atoms with E-state index in [4.69, 9.17) is 14.2 Å². The van der Waals surface area contributed by atoms with Crippen molar-refractivity contribution in [2.45, 2.75) is 13.0 Å². The molecule has 1 unspecified atom stereocenters. The predicted molar refractivity (Wildman–Crippen MR) is 113 cm³/mol. The van der Waals surface area contributed by atoms with Crippen LogP contribution in [-0.2, 0) is 4.79 Å². The Morgan fingerprint density at radius 2 is 1.74 bits per heavy atom. The van der Waals surface area contributed by atoms with E-state index in [0.717, 1.165) is 5.56 Å². The number of benzene rings is 2. The summed E-state index contributed by atoms with van der Waals surface area (Å²) >= 11 is 0. The second-order valence-electron chi connectivity index (χ2n) is 6.81. The van der Waals surface area contributed by atoms with Crippen LogP contribution >= 0.6 is 0 Å². The summed E-state index contributed by atoms with van der Waals surface area (Å²) in [6.07, 6.45) is 0. The Morgan fingerprint density at radius 1 is 1.03 bits per heavy atom. The number of fused-ring (bicyclic) bond motifs is 1. The van der Waals surface area contributed by atoms with Crippen molar-refractivity contribution in [1.82, 2.24) is 20.2 Å². The molecule has 0 bridgehead atoms. The second kappa shape index (κ2) is 8.34. The maximum Gasteiger partial charge on any atom is 0.255 e. The fourth-order valence-corrected chi connectivity index (χ4v) is 3.49. The molecule has 1 aliphatic heterocycles. The molecule has 2 heterocycles. The monoisotopic (exact) mass is 422 g/mol. The van der Waals surface area contributed by atoms with Crippen LogP contribution in [0, 0.1) is 0 Å². The summed E-state index contributed by atoms with van der Waals surface area (Å²) in [5, 5.41) is 17.9. The molecule has 2 aromatic carbocycles. The number of aromatic nitrogens is 4. The predicted octanol–water partition coefficient (Wildman–Crippen LogP) is 2.63. The largest absolute Gasteiger partial charge is 0.497 e. The third-order valence-corrected chi connectivity index (χ3v) is 5.05. The number of rotatable bonds is 6. The Morgan fingerprint density at radius 3 is 2.42 bits per heavy atom. The number of amides is 1. The van der Waals surface area contributed by atoms with E-state index in [2.05, 4.69) is 26.2 Å². The van der Waals surface area contributed by atoms with Gasteiger partial charge in [-0.1, -0.05) is 17.2 Å². The number of anilines is 2. The van der Waals surface area contributed by atoms with Crippen LogP contribution < -0.4 is 24.8 Å². The summed E-state index contributed by atoms with van der Waals surface area (Å²) in [4.78, 5) is 13.4. The number of carbonyl (C=O) groups excluding carboxylic acids is 1. The normalized spacial score (nSPS) is 15.0. The molecule has 0 fully saturated rings. The Labute approximate surface area is 178 Å². The first-order chi connectivity index (χ1) is 15.0. The van der Waals surface area contributed by atoms with E-state index in [0.29, 0.717) is 40.2 Å². The summed E-state index contributed by atoms with van der Waals surface area (Å²) in [5.74, 6) is 1.97. The molecule has 1 amide bonds. The first kappa shape index (κ1) is 20.2. The van der Waals surface area contributed by atoms with E-state index < -0.39 is 6.04 Å². The van der Waals surface area contributed by atoms with Crippen LogP contribution in [0.1, 0.15) is 18.5 Å². The van der Waals surface area contributed by atoms with Gasteiger partial charge in [0.15, 0.2) is 0 Å². The lowest BCUT2D eigenvalue weighted by molar-refractivity contribution is -0.113. The molecule has 1 aliphatic rings. The molecule has 4 rings (SSSR count). The van der Waals surface area contributed by atoms with Crippen LogP contribution in [0.4, 0.5) is 11.6 Å². The van der Waals surface area contributed by atoms with Gasteiger partial charge in [0.05, 0.1) is 32.6 Å². The second-order valence-corrected chi connectivity index (χ2v) is 6.81. The number of allylic oxidation sites excluding steroid dienone is 1. The highest BCUT2D eigenvalue weighted by Crippen LogP contribution is 2.36. The lowest BCUT2D eigenvalue weighted by Crippen LogP contribution is -2.31. The third-order valence-electron chi connectivity index (χ3n) is 5.05. The van der Waals surface area contributed by atoms with E-state index in [9.17, 15) is 4.79 Å². The number of nitrogens with zero attached hydrogens (tertiary/aromatic N) is 4. The Kier molecular flexibility index (Phi) is 5.44. The SMILES string of the molecule is COc1ccc(C2C(C(=O)Nc3ccc(OC)cc3OC)=C(C)Nc3nnnn32)cc1. The summed E-state index contributed by atoms with van der Waals surface area (Å²) in [7, 11) is 4.70. The fraction of sp³-hybridized carbons (Fsp3) is 0.238. The Hall–Kier alpha value is -4.08. The fourth-order valence-electron chi connectivity index (χ4n) is 3.49. The first-order valence-corrected chi connectivity index (χ1v) is 9.48. The molecule has 10 nitrogen and oxygen atoms in total. The van der Waals surface area contributed by atoms with Crippen LogP contribution in [0.15, 0.2) is 53.7 Å². The smallest absolute Gasteiger partial charge is 0.255 e. The van der Waals surface area contributed by atoms with Crippen molar-refractivity contribution < 1.29 is 19.0 Å². The lowest BCUT2D eigenvalue weighted by atomic mass is 9.95. The van der Waals surface area contributed by atoms with Crippen molar-refractivity contribution >= 4 is 17.5 Å². The topological polar surface area (TPSA) is 112 Å². The number of hydrogen-bond acceptors (Lipinski definition) is 8. The number of ether oxygens (including phenoxy) is 3. The molecule has 0 spiro atoms. The minimum atomic E-state index is -0.526. The molecular weight excluding hydrogens is 400 g/mol. The van der Waals surface area contributed by atoms with Gasteiger partial charge in [0.25, 0.3) is 5.91 Å². The lowest BCUT2D eigenvalue weighted by Gasteiger charge is -2.28. The molecule has 1 atom stereocenters. The van der Waals surface area contributed by atoms with Gasteiger partial charge in [-0.2, -0.15) is 4.68 Å². The minimum absolute atomic E-state index is 0.310. The molecule has 0 aliphatic carbocycles. The van der Waals surface area contributed by atoms with Crippen molar-refractivity contribution in [3.8, 4) is 17.2 Å². The van der Waals surface area contributed by atoms with E-state index in [1.807, 2.05) is 31.2 Å². The average molecular weight is 422 g/mol. The average Bonchev–Trinajstić information content (AvgIpc) is 3.26. The van der Waals surface area contributed by atoms with Crippen molar-refractivity contribution in [2.75, 3.05) is 32.0 Å². The van der Waals surface area contributed by atoms with Crippen LogP contribution in [-0.4, -0.2) is 47.4 Å². The number of hydrogen-bond donors (Lipinski definition) is 2. The van der Waals surface area contributed by atoms with E-state index in [1.165, 1.54) is 7.11 Å². The summed E-state index contributed by atoms with van der Waals surface area (Å²) in [6, 6.07) is 12.1. The molecule has 31 heavy (non-hydrogen) atoms. The maximum absolute atomic E-state index is 13.4. The van der Waals surface area contributed by atoms with Crippen LogP contribution in [0.3, 0.4) is 0 Å². The summed E-state index contributed by atoms with van der Waals surface area (Å²) in [6.45, 7) is 1.81. The third kappa shape index (κ3) is 3.75. The zero-order chi connectivity index (χ0) is 22.0. The highest BCUT2D eigenvalue weighted by molar-refractivity contribution is 6.06. The standard InChI is InChI=1S/C21H22N6O4/c1-12-18(20(28)23-16-10-9-15(30-3)11-17(16)31-4)19(27-21(22-12)24-25-26-27)13-5-7-14(29-2)8-6-13/h5-11,19H,1-4H3,(H,23,28)(H,22,24,26). The molecule has 3 aromatic rings. The molecule has 2 N–H and O–H groups in total. The molecule has 10 heteroatoms. The molecule has 0 saturated heterocycles. The molecule has 160 valence electrons. The van der Waals surface area contributed by atoms with Gasteiger partial charge in [0.2, 0.25) is 5.95 Å². The van der Waals surface area contributed by atoms with Crippen LogP contribution in [0.25, 0.3) is 0 Å². The summed E-state index contributed by atoms with van der Waals surface area (Å²) < 4.78 is 17.5. The number of carbonyl (C=O) groups is 1. The Bertz CT molecular complexity index is 1140. The number of tetrazole rings is 1. The summed E-state index contributed by atoms with van der Waals surface area (Å²) in [5.41, 5.74) is 2.47. The zero-order valence-corrected chi connectivity index (χ0v) is 17.5. The van der Waals surface area contributed by atoms with Crippen LogP contribution in [0.5, 0.6) is 17.2 Å². The molecule has 0 radical (unpaired) electrons. The van der Waals surface area contributed by atoms with Crippen molar-refractivity contribution in [2.24, 2.45) is 0 Å². The van der Waals surface area contributed by atoms with Gasteiger partial charge in [-0.05, 0) is 47.2 Å². The van der Waals surface area contributed by atoms with E-state index in [-0.39, 0.29) is 5.91 Å². The number of methoxy groups -OCH3 is 3. The van der Waals surface area contributed by atoms with Crippen LogP contribution in [0.2, 0.25) is 0 Å². The van der Waals surface area contributed by atoms with E-state index >= 15 is 0 Å². The quantitative estimate of drug-likeness (QED) is 0.623. The van der Waals surface area contributed by atoms with Gasteiger partial charge in [-0.25, -0.2) is 0 Å². The van der Waals surface area contributed by atoms with E-state index in [1.54, 1.807) is 37.1 Å². The van der Waals surface area contributed by atoms with Gasteiger partial charge in [0, 0.05) is 11.8 Å². The van der Waals surface area contributed by atoms with Gasteiger partial charge in [-0.3, -0.25) is 4.79 Å². The van der Waals surface area contributed by atoms with Crippen molar-refractivity contribution in [3.63, 3.8) is 0 Å². The first-order valence-electron chi connectivity index (χ1n) is 9.48. The highest BCUT2D eigenvalue weighted by atomic mass is 16.5. The highest BCUT2D eigenvalue weighted by Gasteiger charge is 2.34. The van der Waals surface area contributed by atoms with Gasteiger partial charge in [0.1, 0.15) is 23.3 Å². The molecular formula is C21H22N6O4.